The maximum absolute atomic E-state index is 12.1. The molecule has 0 spiro atoms. The van der Waals surface area contributed by atoms with Crippen LogP contribution in [0.3, 0.4) is 0 Å². The van der Waals surface area contributed by atoms with Gasteiger partial charge in [0.15, 0.2) is 0 Å². The largest absolute Gasteiger partial charge is 0.381 e. The van der Waals surface area contributed by atoms with Crippen LogP contribution in [0, 0.1) is 17.8 Å². The third kappa shape index (κ3) is 4.93. The summed E-state index contributed by atoms with van der Waals surface area (Å²) in [5.41, 5.74) is 5.71. The van der Waals surface area contributed by atoms with E-state index in [-0.39, 0.29) is 24.2 Å². The van der Waals surface area contributed by atoms with Crippen molar-refractivity contribution in [1.82, 2.24) is 5.32 Å². The minimum atomic E-state index is 0. The smallest absolute Gasteiger partial charge is 0.223 e. The molecule has 2 fully saturated rings. The van der Waals surface area contributed by atoms with Crippen molar-refractivity contribution < 1.29 is 9.53 Å². The second-order valence-corrected chi connectivity index (χ2v) is 5.67. The molecule has 1 heterocycles. The molecule has 1 saturated carbocycles. The van der Waals surface area contributed by atoms with Crippen molar-refractivity contribution in [3.63, 3.8) is 0 Å². The SMILES string of the molecule is Cl.NC[C@H]1CCC[C@H]1C(=O)NCCC1CCOCC1. The molecule has 2 aliphatic rings. The molecule has 2 atom stereocenters. The Labute approximate surface area is 122 Å². The van der Waals surface area contributed by atoms with Crippen molar-refractivity contribution in [2.75, 3.05) is 26.3 Å². The average molecular weight is 291 g/mol. The van der Waals surface area contributed by atoms with Gasteiger partial charge in [0.2, 0.25) is 5.91 Å². The van der Waals surface area contributed by atoms with Crippen LogP contribution in [-0.2, 0) is 9.53 Å². The maximum Gasteiger partial charge on any atom is 0.223 e. The van der Waals surface area contributed by atoms with E-state index in [2.05, 4.69) is 5.32 Å². The Morgan fingerprint density at radius 1 is 1.21 bits per heavy atom. The maximum atomic E-state index is 12.1. The summed E-state index contributed by atoms with van der Waals surface area (Å²) in [4.78, 5) is 12.1. The van der Waals surface area contributed by atoms with Crippen LogP contribution in [0.4, 0.5) is 0 Å². The summed E-state index contributed by atoms with van der Waals surface area (Å²) >= 11 is 0. The predicted molar refractivity (Wildman–Crippen MR) is 78.3 cm³/mol. The van der Waals surface area contributed by atoms with Crippen LogP contribution in [0.5, 0.6) is 0 Å². The van der Waals surface area contributed by atoms with Crippen LogP contribution in [-0.4, -0.2) is 32.2 Å². The van der Waals surface area contributed by atoms with Crippen molar-refractivity contribution >= 4 is 18.3 Å². The summed E-state index contributed by atoms with van der Waals surface area (Å²) in [7, 11) is 0. The molecule has 0 radical (unpaired) electrons. The zero-order chi connectivity index (χ0) is 12.8. The van der Waals surface area contributed by atoms with Gasteiger partial charge in [-0.05, 0) is 50.5 Å². The van der Waals surface area contributed by atoms with Crippen molar-refractivity contribution in [2.45, 2.75) is 38.5 Å². The van der Waals surface area contributed by atoms with E-state index >= 15 is 0 Å². The van der Waals surface area contributed by atoms with Crippen LogP contribution in [0.15, 0.2) is 0 Å². The van der Waals surface area contributed by atoms with E-state index in [9.17, 15) is 4.79 Å². The summed E-state index contributed by atoms with van der Waals surface area (Å²) in [5.74, 6) is 1.54. The van der Waals surface area contributed by atoms with Gasteiger partial charge >= 0.3 is 0 Å². The molecule has 5 heteroatoms. The van der Waals surface area contributed by atoms with Gasteiger partial charge in [-0.3, -0.25) is 4.79 Å². The van der Waals surface area contributed by atoms with E-state index < -0.39 is 0 Å². The summed E-state index contributed by atoms with van der Waals surface area (Å²) in [6, 6.07) is 0. The third-order valence-corrected chi connectivity index (χ3v) is 4.49. The van der Waals surface area contributed by atoms with Gasteiger partial charge < -0.3 is 15.8 Å². The number of nitrogens with two attached hydrogens (primary N) is 1. The molecule has 1 amide bonds. The fourth-order valence-electron chi connectivity index (χ4n) is 3.23. The Morgan fingerprint density at radius 3 is 2.63 bits per heavy atom. The van der Waals surface area contributed by atoms with Crippen molar-refractivity contribution in [2.24, 2.45) is 23.5 Å². The number of nitrogens with one attached hydrogen (secondary N) is 1. The van der Waals surface area contributed by atoms with Crippen LogP contribution in [0.2, 0.25) is 0 Å². The molecule has 1 aliphatic carbocycles. The van der Waals surface area contributed by atoms with Gasteiger partial charge in [0.1, 0.15) is 0 Å². The zero-order valence-electron chi connectivity index (χ0n) is 11.6. The van der Waals surface area contributed by atoms with Crippen molar-refractivity contribution in [3.8, 4) is 0 Å². The summed E-state index contributed by atoms with van der Waals surface area (Å²) in [5, 5.41) is 3.10. The highest BCUT2D eigenvalue weighted by atomic mass is 35.5. The Morgan fingerprint density at radius 2 is 1.95 bits per heavy atom. The molecule has 112 valence electrons. The minimum absolute atomic E-state index is 0. The Kier molecular flexibility index (Phi) is 7.73. The van der Waals surface area contributed by atoms with E-state index in [1.165, 1.54) is 0 Å². The molecule has 1 aliphatic heterocycles. The summed E-state index contributed by atoms with van der Waals surface area (Å²) in [6.45, 7) is 3.24. The number of hydrogen-bond acceptors (Lipinski definition) is 3. The van der Waals surface area contributed by atoms with Crippen molar-refractivity contribution in [3.05, 3.63) is 0 Å². The zero-order valence-corrected chi connectivity index (χ0v) is 12.4. The number of rotatable bonds is 5. The molecule has 19 heavy (non-hydrogen) atoms. The van der Waals surface area contributed by atoms with E-state index in [1.54, 1.807) is 0 Å². The quantitative estimate of drug-likeness (QED) is 0.810. The summed E-state index contributed by atoms with van der Waals surface area (Å²) in [6.07, 6.45) is 6.67. The second kappa shape index (κ2) is 8.77. The van der Waals surface area contributed by atoms with Gasteiger partial charge in [-0.25, -0.2) is 0 Å². The highest BCUT2D eigenvalue weighted by Gasteiger charge is 2.31. The lowest BCUT2D eigenvalue weighted by molar-refractivity contribution is -0.126. The first-order chi connectivity index (χ1) is 8.81. The van der Waals surface area contributed by atoms with Gasteiger partial charge in [-0.2, -0.15) is 0 Å². The van der Waals surface area contributed by atoms with Crippen molar-refractivity contribution in [1.29, 1.82) is 0 Å². The Bertz CT molecular complexity index is 270. The van der Waals surface area contributed by atoms with Crippen LogP contribution < -0.4 is 11.1 Å². The van der Waals surface area contributed by atoms with Gasteiger partial charge in [-0.15, -0.1) is 12.4 Å². The molecule has 1 saturated heterocycles. The van der Waals surface area contributed by atoms with E-state index in [0.717, 1.165) is 64.2 Å². The molecule has 0 aromatic carbocycles. The highest BCUT2D eigenvalue weighted by molar-refractivity contribution is 5.85. The van der Waals surface area contributed by atoms with Gasteiger partial charge in [-0.1, -0.05) is 6.42 Å². The Hall–Kier alpha value is -0.320. The Balaban J connectivity index is 0.00000180. The fourth-order valence-corrected chi connectivity index (χ4v) is 3.23. The molecular formula is C14H27ClN2O2. The number of hydrogen-bond donors (Lipinski definition) is 2. The molecule has 0 aromatic rings. The lowest BCUT2D eigenvalue weighted by Crippen LogP contribution is -2.36. The summed E-state index contributed by atoms with van der Waals surface area (Å²) < 4.78 is 5.34. The highest BCUT2D eigenvalue weighted by Crippen LogP contribution is 2.31. The molecule has 4 nitrogen and oxygen atoms in total. The first-order valence-electron chi connectivity index (χ1n) is 7.36. The molecule has 0 unspecified atom stereocenters. The van der Waals surface area contributed by atoms with Gasteiger partial charge in [0.05, 0.1) is 0 Å². The molecule has 0 aromatic heterocycles. The minimum Gasteiger partial charge on any atom is -0.381 e. The first-order valence-corrected chi connectivity index (χ1v) is 7.36. The van der Waals surface area contributed by atoms with E-state index in [1.807, 2.05) is 0 Å². The number of halogens is 1. The molecule has 0 bridgehead atoms. The van der Waals surface area contributed by atoms with Gasteiger partial charge in [0, 0.05) is 25.7 Å². The van der Waals surface area contributed by atoms with Crippen LogP contribution >= 0.6 is 12.4 Å². The monoisotopic (exact) mass is 290 g/mol. The number of carbonyl (C=O) groups is 1. The first kappa shape index (κ1) is 16.7. The number of carbonyl (C=O) groups excluding carboxylic acids is 1. The predicted octanol–water partition coefficient (Wildman–Crippen LogP) is 1.72. The number of ether oxygens (including phenoxy) is 1. The van der Waals surface area contributed by atoms with Gasteiger partial charge in [0.25, 0.3) is 0 Å². The standard InChI is InChI=1S/C14H26N2O2.ClH/c15-10-12-2-1-3-13(12)14(17)16-7-4-11-5-8-18-9-6-11;/h11-13H,1-10,15H2,(H,16,17);1H/t12-,13-;/m1./s1. The average Bonchev–Trinajstić information content (AvgIpc) is 2.88. The lowest BCUT2D eigenvalue weighted by atomic mass is 9.94. The normalized spacial score (nSPS) is 27.8. The molecular weight excluding hydrogens is 264 g/mol. The van der Waals surface area contributed by atoms with E-state index in [4.69, 9.17) is 10.5 Å². The second-order valence-electron chi connectivity index (χ2n) is 5.67. The lowest BCUT2D eigenvalue weighted by Gasteiger charge is -2.23. The topological polar surface area (TPSA) is 64.4 Å². The van der Waals surface area contributed by atoms with E-state index in [0.29, 0.717) is 12.5 Å². The van der Waals surface area contributed by atoms with Crippen LogP contribution in [0.25, 0.3) is 0 Å². The fraction of sp³-hybridized carbons (Fsp3) is 0.929. The number of amides is 1. The molecule has 3 N–H and O–H groups in total. The molecule has 2 rings (SSSR count). The van der Waals surface area contributed by atoms with Crippen LogP contribution in [0.1, 0.15) is 38.5 Å². The third-order valence-electron chi connectivity index (χ3n) is 4.49.